The molecule has 0 saturated heterocycles. The molecular weight excluding hydrogens is 236 g/mol. The summed E-state index contributed by atoms with van der Waals surface area (Å²) in [5.41, 5.74) is 0. The first kappa shape index (κ1) is 14.0. The molecule has 0 heterocycles. The van der Waals surface area contributed by atoms with Crippen molar-refractivity contribution >= 4 is 9.84 Å². The zero-order chi connectivity index (χ0) is 12.7. The third kappa shape index (κ3) is 4.04. The van der Waals surface area contributed by atoms with Crippen LogP contribution in [0.4, 0.5) is 0 Å². The van der Waals surface area contributed by atoms with Crippen molar-refractivity contribution < 1.29 is 13.2 Å². The number of ether oxygens (including phenoxy) is 1. The number of sulfone groups is 1. The molecule has 0 aliphatic rings. The van der Waals surface area contributed by atoms with Gasteiger partial charge in [0.15, 0.2) is 9.84 Å². The predicted octanol–water partition coefficient (Wildman–Crippen LogP) is 3.05. The van der Waals surface area contributed by atoms with Gasteiger partial charge < -0.3 is 4.74 Å². The second-order valence-electron chi connectivity index (χ2n) is 3.91. The van der Waals surface area contributed by atoms with Gasteiger partial charge >= 0.3 is 0 Å². The normalized spacial score (nSPS) is 11.4. The van der Waals surface area contributed by atoms with Gasteiger partial charge in [-0.05, 0) is 18.6 Å². The summed E-state index contributed by atoms with van der Waals surface area (Å²) in [6.07, 6.45) is 3.18. The van der Waals surface area contributed by atoms with Crippen molar-refractivity contribution in [2.75, 3.05) is 12.4 Å². The lowest BCUT2D eigenvalue weighted by molar-refractivity contribution is 0.298. The third-order valence-electron chi connectivity index (χ3n) is 2.57. The zero-order valence-electron chi connectivity index (χ0n) is 10.5. The maximum Gasteiger partial charge on any atom is 0.181 e. The Morgan fingerprint density at radius 3 is 2.47 bits per heavy atom. The molecule has 0 atom stereocenters. The first-order valence-corrected chi connectivity index (χ1v) is 7.71. The molecule has 0 saturated carbocycles. The van der Waals surface area contributed by atoms with Crippen molar-refractivity contribution in [2.24, 2.45) is 0 Å². The molecule has 3 nitrogen and oxygen atoms in total. The van der Waals surface area contributed by atoms with E-state index in [1.165, 1.54) is 0 Å². The quantitative estimate of drug-likeness (QED) is 0.704. The minimum atomic E-state index is -3.20. The Morgan fingerprint density at radius 1 is 1.12 bits per heavy atom. The largest absolute Gasteiger partial charge is 0.492 e. The molecule has 0 aliphatic carbocycles. The maximum atomic E-state index is 11.8. The monoisotopic (exact) mass is 256 g/mol. The number of para-hydroxylation sites is 1. The van der Waals surface area contributed by atoms with Crippen LogP contribution in [0.25, 0.3) is 0 Å². The molecule has 1 aromatic rings. The topological polar surface area (TPSA) is 43.4 Å². The Balaban J connectivity index is 2.79. The van der Waals surface area contributed by atoms with Crippen LogP contribution in [0.3, 0.4) is 0 Å². The Kier molecular flexibility index (Phi) is 5.48. The lowest BCUT2D eigenvalue weighted by Gasteiger charge is -2.10. The van der Waals surface area contributed by atoms with Gasteiger partial charge in [0.1, 0.15) is 10.6 Å². The fourth-order valence-corrected chi connectivity index (χ4v) is 2.55. The van der Waals surface area contributed by atoms with Gasteiger partial charge in [0.05, 0.1) is 12.4 Å². The SMILES string of the molecule is CCCCCOc1ccccc1S(=O)(=O)CC. The third-order valence-corrected chi connectivity index (χ3v) is 4.34. The highest BCUT2D eigenvalue weighted by molar-refractivity contribution is 7.91. The van der Waals surface area contributed by atoms with E-state index in [0.29, 0.717) is 17.3 Å². The van der Waals surface area contributed by atoms with E-state index < -0.39 is 9.84 Å². The van der Waals surface area contributed by atoms with E-state index in [1.54, 1.807) is 31.2 Å². The average Bonchev–Trinajstić information content (AvgIpc) is 2.35. The van der Waals surface area contributed by atoms with Crippen LogP contribution < -0.4 is 4.74 Å². The molecule has 0 aliphatic heterocycles. The summed E-state index contributed by atoms with van der Waals surface area (Å²) in [6.45, 7) is 4.34. The summed E-state index contributed by atoms with van der Waals surface area (Å²) < 4.78 is 29.2. The van der Waals surface area contributed by atoms with Crippen LogP contribution in [0.15, 0.2) is 29.2 Å². The van der Waals surface area contributed by atoms with Crippen molar-refractivity contribution in [3.8, 4) is 5.75 Å². The van der Waals surface area contributed by atoms with Gasteiger partial charge in [-0.2, -0.15) is 0 Å². The Bertz CT molecular complexity index is 438. The molecule has 4 heteroatoms. The predicted molar refractivity (Wildman–Crippen MR) is 69.2 cm³/mol. The molecule has 0 aromatic heterocycles. The fourth-order valence-electron chi connectivity index (χ4n) is 1.52. The zero-order valence-corrected chi connectivity index (χ0v) is 11.3. The number of hydrogen-bond acceptors (Lipinski definition) is 3. The van der Waals surface area contributed by atoms with Crippen molar-refractivity contribution in [3.05, 3.63) is 24.3 Å². The lowest BCUT2D eigenvalue weighted by atomic mass is 10.3. The highest BCUT2D eigenvalue weighted by atomic mass is 32.2. The number of hydrogen-bond donors (Lipinski definition) is 0. The summed E-state index contributed by atoms with van der Waals surface area (Å²) in [5.74, 6) is 0.577. The van der Waals surface area contributed by atoms with Crippen molar-refractivity contribution in [3.63, 3.8) is 0 Å². The van der Waals surface area contributed by atoms with Crippen molar-refractivity contribution in [1.29, 1.82) is 0 Å². The number of benzene rings is 1. The second-order valence-corrected chi connectivity index (χ2v) is 6.15. The molecule has 1 rings (SSSR count). The van der Waals surface area contributed by atoms with Gasteiger partial charge in [-0.25, -0.2) is 8.42 Å². The minimum absolute atomic E-state index is 0.0995. The second kappa shape index (κ2) is 6.64. The van der Waals surface area contributed by atoms with Gasteiger partial charge in [-0.3, -0.25) is 0 Å². The molecule has 96 valence electrons. The first-order chi connectivity index (χ1) is 8.11. The summed E-state index contributed by atoms with van der Waals surface area (Å²) in [7, 11) is -3.20. The molecule has 1 aromatic carbocycles. The van der Waals surface area contributed by atoms with E-state index in [9.17, 15) is 8.42 Å². The van der Waals surface area contributed by atoms with Gasteiger partial charge in [0.25, 0.3) is 0 Å². The molecule has 0 radical (unpaired) electrons. The highest BCUT2D eigenvalue weighted by Gasteiger charge is 2.16. The van der Waals surface area contributed by atoms with E-state index in [4.69, 9.17) is 4.74 Å². The van der Waals surface area contributed by atoms with Crippen molar-refractivity contribution in [2.45, 2.75) is 38.0 Å². The van der Waals surface area contributed by atoms with Crippen LogP contribution >= 0.6 is 0 Å². The Hall–Kier alpha value is -1.03. The molecule has 0 spiro atoms. The van der Waals surface area contributed by atoms with Gasteiger partial charge in [0, 0.05) is 0 Å². The van der Waals surface area contributed by atoms with E-state index in [-0.39, 0.29) is 5.75 Å². The van der Waals surface area contributed by atoms with Crippen LogP contribution in [0.1, 0.15) is 33.1 Å². The average molecular weight is 256 g/mol. The maximum absolute atomic E-state index is 11.8. The lowest BCUT2D eigenvalue weighted by Crippen LogP contribution is -2.07. The van der Waals surface area contributed by atoms with Crippen LogP contribution in [0.2, 0.25) is 0 Å². The Morgan fingerprint density at radius 2 is 1.82 bits per heavy atom. The van der Waals surface area contributed by atoms with Gasteiger partial charge in [-0.15, -0.1) is 0 Å². The van der Waals surface area contributed by atoms with E-state index in [1.807, 2.05) is 0 Å². The van der Waals surface area contributed by atoms with Gasteiger partial charge in [-0.1, -0.05) is 38.8 Å². The van der Waals surface area contributed by atoms with Crippen LogP contribution in [-0.2, 0) is 9.84 Å². The van der Waals surface area contributed by atoms with Crippen molar-refractivity contribution in [1.82, 2.24) is 0 Å². The molecule has 0 N–H and O–H groups in total. The molecule has 17 heavy (non-hydrogen) atoms. The van der Waals surface area contributed by atoms with Crippen LogP contribution in [0, 0.1) is 0 Å². The van der Waals surface area contributed by atoms with Gasteiger partial charge in [0.2, 0.25) is 0 Å². The summed E-state index contributed by atoms with van der Waals surface area (Å²) >= 11 is 0. The van der Waals surface area contributed by atoms with E-state index in [2.05, 4.69) is 6.92 Å². The minimum Gasteiger partial charge on any atom is -0.492 e. The summed E-state index contributed by atoms with van der Waals surface area (Å²) in [5, 5.41) is 0. The summed E-state index contributed by atoms with van der Waals surface area (Å²) in [6, 6.07) is 6.84. The first-order valence-electron chi connectivity index (χ1n) is 6.06. The molecule has 0 bridgehead atoms. The fraction of sp³-hybridized carbons (Fsp3) is 0.538. The molecular formula is C13H20O3S. The van der Waals surface area contributed by atoms with Crippen LogP contribution in [0.5, 0.6) is 5.75 Å². The molecule has 0 amide bonds. The standard InChI is InChI=1S/C13H20O3S/c1-3-5-8-11-16-12-9-6-7-10-13(12)17(14,15)4-2/h6-7,9-10H,3-5,8,11H2,1-2H3. The Labute approximate surface area is 104 Å². The number of rotatable bonds is 7. The summed E-state index contributed by atoms with van der Waals surface area (Å²) in [4.78, 5) is 0.305. The van der Waals surface area contributed by atoms with Crippen LogP contribution in [-0.4, -0.2) is 20.8 Å². The molecule has 0 unspecified atom stereocenters. The van der Waals surface area contributed by atoms with E-state index >= 15 is 0 Å². The van der Waals surface area contributed by atoms with E-state index in [0.717, 1.165) is 19.3 Å². The highest BCUT2D eigenvalue weighted by Crippen LogP contribution is 2.24. The smallest absolute Gasteiger partial charge is 0.181 e. The number of unbranched alkanes of at least 4 members (excludes halogenated alkanes) is 2. The molecule has 0 fully saturated rings.